The van der Waals surface area contributed by atoms with E-state index >= 15 is 0 Å². The number of amides is 1. The Kier molecular flexibility index (Phi) is 7.27. The van der Waals surface area contributed by atoms with Crippen LogP contribution in [0.25, 0.3) is 0 Å². The van der Waals surface area contributed by atoms with E-state index in [9.17, 15) is 30.8 Å². The molecule has 3 heterocycles. The van der Waals surface area contributed by atoms with Crippen molar-refractivity contribution < 1.29 is 30.8 Å². The first-order chi connectivity index (χ1) is 16.6. The van der Waals surface area contributed by atoms with Crippen LogP contribution in [0.15, 0.2) is 41.6 Å². The van der Waals surface area contributed by atoms with E-state index in [2.05, 4.69) is 15.3 Å². The number of rotatable bonds is 6. The summed E-state index contributed by atoms with van der Waals surface area (Å²) in [7, 11) is -3.98. The fourth-order valence-corrected chi connectivity index (χ4v) is 6.08. The number of halogens is 4. The second-order valence-electron chi connectivity index (χ2n) is 8.62. The number of hydrogen-bond donors (Lipinski definition) is 1. The Morgan fingerprint density at radius 2 is 1.74 bits per heavy atom. The number of sulfonamides is 1. The Hall–Kier alpha value is -2.80. The number of nitrogens with one attached hydrogen (secondary N) is 1. The maximum Gasteiger partial charge on any atom is 0.391 e. The highest BCUT2D eigenvalue weighted by atomic mass is 32.2. The molecule has 1 atom stereocenters. The van der Waals surface area contributed by atoms with Gasteiger partial charge in [-0.15, -0.1) is 0 Å². The van der Waals surface area contributed by atoms with E-state index in [1.165, 1.54) is 6.33 Å². The summed E-state index contributed by atoms with van der Waals surface area (Å²) in [6.45, 7) is 0.605. The molecule has 1 aromatic heterocycles. The van der Waals surface area contributed by atoms with E-state index in [-0.39, 0.29) is 43.9 Å². The van der Waals surface area contributed by atoms with Crippen LogP contribution in [-0.2, 0) is 21.4 Å². The van der Waals surface area contributed by atoms with Crippen LogP contribution in [0, 0.1) is 11.7 Å². The van der Waals surface area contributed by atoms with Crippen molar-refractivity contribution in [2.45, 2.75) is 49.3 Å². The zero-order chi connectivity index (χ0) is 25.2. The molecule has 1 aromatic carbocycles. The van der Waals surface area contributed by atoms with Gasteiger partial charge in [0.2, 0.25) is 15.9 Å². The van der Waals surface area contributed by atoms with Gasteiger partial charge >= 0.3 is 6.18 Å². The van der Waals surface area contributed by atoms with E-state index in [0.29, 0.717) is 24.4 Å². The van der Waals surface area contributed by atoms with Gasteiger partial charge in [-0.25, -0.2) is 22.8 Å². The molecule has 8 nitrogen and oxygen atoms in total. The van der Waals surface area contributed by atoms with Gasteiger partial charge in [0.25, 0.3) is 0 Å². The topological polar surface area (TPSA) is 95.5 Å². The molecular formula is C22H25F4N5O3S. The molecule has 0 saturated carbocycles. The minimum absolute atomic E-state index is 0.00824. The molecule has 2 aromatic rings. The van der Waals surface area contributed by atoms with Gasteiger partial charge in [0.15, 0.2) is 0 Å². The Labute approximate surface area is 200 Å². The molecule has 0 spiro atoms. The average molecular weight is 516 g/mol. The number of aromatic nitrogens is 2. The summed E-state index contributed by atoms with van der Waals surface area (Å²) in [4.78, 5) is 22.8. The third-order valence-corrected chi connectivity index (χ3v) is 8.28. The first-order valence-electron chi connectivity index (χ1n) is 11.2. The number of piperidine rings is 1. The van der Waals surface area contributed by atoms with Gasteiger partial charge in [-0.2, -0.15) is 17.5 Å². The molecule has 0 aliphatic carbocycles. The molecule has 35 heavy (non-hydrogen) atoms. The van der Waals surface area contributed by atoms with Crippen molar-refractivity contribution in [2.24, 2.45) is 5.92 Å². The van der Waals surface area contributed by atoms with Crippen LogP contribution in [0.1, 0.15) is 31.4 Å². The van der Waals surface area contributed by atoms with Gasteiger partial charge in [-0.3, -0.25) is 4.79 Å². The van der Waals surface area contributed by atoms with Crippen molar-refractivity contribution in [2.75, 3.05) is 24.5 Å². The van der Waals surface area contributed by atoms with Gasteiger partial charge < -0.3 is 10.2 Å². The fraction of sp³-hybridized carbons (Fsp3) is 0.500. The van der Waals surface area contributed by atoms with E-state index < -0.39 is 39.9 Å². The van der Waals surface area contributed by atoms with Crippen LogP contribution in [-0.4, -0.2) is 60.5 Å². The van der Waals surface area contributed by atoms with Crippen molar-refractivity contribution in [3.05, 3.63) is 48.2 Å². The predicted molar refractivity (Wildman–Crippen MR) is 118 cm³/mol. The summed E-state index contributed by atoms with van der Waals surface area (Å²) in [5.41, 5.74) is 0.451. The second kappa shape index (κ2) is 10.1. The van der Waals surface area contributed by atoms with Crippen LogP contribution < -0.4 is 10.2 Å². The van der Waals surface area contributed by atoms with Crippen molar-refractivity contribution >= 4 is 21.7 Å². The highest BCUT2D eigenvalue weighted by Gasteiger charge is 2.41. The SMILES string of the molecule is O=C(NCc1cc(N2CCC(C(F)(F)F)CC2)ncn1)[C@@H]1CCCN1S(=O)(=O)c1ccc(F)cc1. The predicted octanol–water partition coefficient (Wildman–Crippen LogP) is 2.86. The number of carbonyl (C=O) groups excluding carboxylic acids is 1. The Morgan fingerprint density at radius 3 is 2.40 bits per heavy atom. The summed E-state index contributed by atoms with van der Waals surface area (Å²) in [6, 6.07) is 5.13. The highest BCUT2D eigenvalue weighted by Crippen LogP contribution is 2.35. The number of anilines is 1. The summed E-state index contributed by atoms with van der Waals surface area (Å²) in [6.07, 6.45) is -2.10. The zero-order valence-electron chi connectivity index (χ0n) is 18.7. The Morgan fingerprint density at radius 1 is 1.06 bits per heavy atom. The van der Waals surface area contributed by atoms with E-state index in [0.717, 1.165) is 28.6 Å². The maximum absolute atomic E-state index is 13.2. The summed E-state index contributed by atoms with van der Waals surface area (Å²) < 4.78 is 79.0. The minimum atomic E-state index is -4.20. The second-order valence-corrected chi connectivity index (χ2v) is 10.5. The molecule has 2 saturated heterocycles. The number of alkyl halides is 3. The first kappa shape index (κ1) is 25.3. The molecule has 2 fully saturated rings. The smallest absolute Gasteiger partial charge is 0.356 e. The lowest BCUT2D eigenvalue weighted by atomic mass is 9.96. The van der Waals surface area contributed by atoms with E-state index in [1.54, 1.807) is 11.0 Å². The molecule has 0 unspecified atom stereocenters. The van der Waals surface area contributed by atoms with Crippen LogP contribution in [0.5, 0.6) is 0 Å². The number of nitrogens with zero attached hydrogens (tertiary/aromatic N) is 4. The van der Waals surface area contributed by atoms with Crippen molar-refractivity contribution in [3.63, 3.8) is 0 Å². The highest BCUT2D eigenvalue weighted by molar-refractivity contribution is 7.89. The first-order valence-corrected chi connectivity index (χ1v) is 12.7. The monoisotopic (exact) mass is 515 g/mol. The Bertz CT molecular complexity index is 1150. The average Bonchev–Trinajstić information content (AvgIpc) is 3.34. The lowest BCUT2D eigenvalue weighted by Gasteiger charge is -2.33. The van der Waals surface area contributed by atoms with Crippen LogP contribution in [0.2, 0.25) is 0 Å². The van der Waals surface area contributed by atoms with Gasteiger partial charge in [0.05, 0.1) is 23.1 Å². The maximum atomic E-state index is 13.2. The number of hydrogen-bond acceptors (Lipinski definition) is 6. The summed E-state index contributed by atoms with van der Waals surface area (Å²) in [5.74, 6) is -1.89. The fourth-order valence-electron chi connectivity index (χ4n) is 4.42. The molecule has 4 rings (SSSR count). The molecule has 2 aliphatic rings. The molecule has 13 heteroatoms. The van der Waals surface area contributed by atoms with Crippen molar-refractivity contribution in [1.82, 2.24) is 19.6 Å². The van der Waals surface area contributed by atoms with Gasteiger partial charge in [0, 0.05) is 25.7 Å². The quantitative estimate of drug-likeness (QED) is 0.595. The third-order valence-electron chi connectivity index (χ3n) is 6.36. The van der Waals surface area contributed by atoms with Crippen molar-refractivity contribution in [1.29, 1.82) is 0 Å². The molecule has 0 bridgehead atoms. The zero-order valence-corrected chi connectivity index (χ0v) is 19.5. The Balaban J connectivity index is 1.37. The van der Waals surface area contributed by atoms with Crippen LogP contribution >= 0.6 is 0 Å². The number of carbonyl (C=O) groups is 1. The summed E-state index contributed by atoms with van der Waals surface area (Å²) >= 11 is 0. The normalized spacial score (nSPS) is 20.2. The molecule has 0 radical (unpaired) electrons. The van der Waals surface area contributed by atoms with Gasteiger partial charge in [-0.05, 0) is 49.9 Å². The lowest BCUT2D eigenvalue weighted by molar-refractivity contribution is -0.179. The summed E-state index contributed by atoms with van der Waals surface area (Å²) in [5, 5.41) is 2.70. The minimum Gasteiger partial charge on any atom is -0.356 e. The van der Waals surface area contributed by atoms with E-state index in [1.807, 2.05) is 0 Å². The molecule has 1 amide bonds. The van der Waals surface area contributed by atoms with Gasteiger partial charge in [-0.1, -0.05) is 0 Å². The van der Waals surface area contributed by atoms with Crippen LogP contribution in [0.4, 0.5) is 23.4 Å². The molecular weight excluding hydrogens is 490 g/mol. The van der Waals surface area contributed by atoms with Crippen molar-refractivity contribution in [3.8, 4) is 0 Å². The molecule has 190 valence electrons. The largest absolute Gasteiger partial charge is 0.391 e. The number of benzene rings is 1. The molecule has 1 N–H and O–H groups in total. The lowest BCUT2D eigenvalue weighted by Crippen LogP contribution is -2.45. The van der Waals surface area contributed by atoms with Crippen LogP contribution in [0.3, 0.4) is 0 Å². The molecule has 2 aliphatic heterocycles. The van der Waals surface area contributed by atoms with E-state index in [4.69, 9.17) is 0 Å². The third kappa shape index (κ3) is 5.72. The van der Waals surface area contributed by atoms with Gasteiger partial charge in [0.1, 0.15) is 24.0 Å². The standard InChI is InChI=1S/C22H25F4N5O3S/c23-16-3-5-18(6-4-16)35(33,34)31-9-1-2-19(31)21(32)27-13-17-12-20(29-14-28-17)30-10-7-15(8-11-30)22(24,25)26/h3-6,12,14-15,19H,1-2,7-11,13H2,(H,27,32)/t19-/m0/s1.